The van der Waals surface area contributed by atoms with Gasteiger partial charge in [-0.3, -0.25) is 0 Å². The molecule has 1 aromatic heterocycles. The van der Waals surface area contributed by atoms with Gasteiger partial charge < -0.3 is 9.47 Å². The third kappa shape index (κ3) is 7.57. The molecule has 0 aliphatic heterocycles. The Balaban J connectivity index is 0.000000808. The lowest BCUT2D eigenvalue weighted by atomic mass is 9.98. The number of aryl methyl sites for hydroxylation is 1. The van der Waals surface area contributed by atoms with E-state index in [0.29, 0.717) is 5.92 Å². The van der Waals surface area contributed by atoms with Crippen LogP contribution in [0, 0.1) is 5.92 Å². The average molecular weight is 651 g/mol. The Morgan fingerprint density at radius 3 is 2.36 bits per heavy atom. The molecule has 4 aromatic rings. The first-order chi connectivity index (χ1) is 24.5. The van der Waals surface area contributed by atoms with Gasteiger partial charge in [-0.05, 0) is 115 Å². The fourth-order valence-corrected chi connectivity index (χ4v) is 6.62. The zero-order valence-electron chi connectivity index (χ0n) is 29.5. The Morgan fingerprint density at radius 2 is 1.66 bits per heavy atom. The molecule has 1 unspecified atom stereocenters. The number of anilines is 2. The Bertz CT molecular complexity index is 2280. The van der Waals surface area contributed by atoms with Crippen LogP contribution in [-0.4, -0.2) is 4.57 Å². The Hall–Kier alpha value is -5.82. The molecule has 1 heterocycles. The van der Waals surface area contributed by atoms with Gasteiger partial charge in [-0.15, -0.1) is 0 Å². The van der Waals surface area contributed by atoms with Crippen molar-refractivity contribution < 1.29 is 0 Å². The number of aromatic nitrogens is 1. The summed E-state index contributed by atoms with van der Waals surface area (Å²) in [4.78, 5) is 2.31. The minimum atomic E-state index is 0.380. The van der Waals surface area contributed by atoms with Gasteiger partial charge in [-0.25, -0.2) is 0 Å². The van der Waals surface area contributed by atoms with Crippen LogP contribution in [0.1, 0.15) is 38.7 Å². The zero-order chi connectivity index (χ0) is 34.9. The topological polar surface area (TPSA) is 8.17 Å². The quantitative estimate of drug-likeness (QED) is 0.136. The highest BCUT2D eigenvalue weighted by Gasteiger charge is 2.17. The summed E-state index contributed by atoms with van der Waals surface area (Å²) in [5, 5.41) is 3.86. The molecule has 0 saturated heterocycles. The van der Waals surface area contributed by atoms with Crippen molar-refractivity contribution in [2.45, 2.75) is 33.1 Å². The van der Waals surface area contributed by atoms with Gasteiger partial charge in [0.25, 0.3) is 0 Å². The number of rotatable bonds is 8. The summed E-state index contributed by atoms with van der Waals surface area (Å²) in [6.45, 7) is 11.4. The first-order valence-electron chi connectivity index (χ1n) is 17.6. The molecule has 0 saturated carbocycles. The smallest absolute Gasteiger partial charge is 0.0884 e. The van der Waals surface area contributed by atoms with Gasteiger partial charge in [-0.1, -0.05) is 129 Å². The number of nitrogens with zero attached hydrogens (tertiary/aromatic N) is 2. The molecule has 2 nitrogen and oxygen atoms in total. The van der Waals surface area contributed by atoms with Crippen molar-refractivity contribution in [2.24, 2.45) is 13.0 Å². The molecule has 3 aromatic carbocycles. The fraction of sp³-hybridized carbons (Fsp3) is 0.146. The van der Waals surface area contributed by atoms with E-state index in [1.165, 1.54) is 49.3 Å². The van der Waals surface area contributed by atoms with Gasteiger partial charge in [0, 0.05) is 39.9 Å². The van der Waals surface area contributed by atoms with E-state index in [0.717, 1.165) is 36.3 Å². The molecule has 0 radical (unpaired) electrons. The predicted octanol–water partition coefficient (Wildman–Crippen LogP) is 11.3. The van der Waals surface area contributed by atoms with Crippen LogP contribution in [0.2, 0.25) is 0 Å². The van der Waals surface area contributed by atoms with Crippen LogP contribution in [0.25, 0.3) is 39.8 Å². The molecule has 3 aliphatic carbocycles. The van der Waals surface area contributed by atoms with Crippen LogP contribution >= 0.6 is 0 Å². The number of hydrogen-bond acceptors (Lipinski definition) is 1. The lowest BCUT2D eigenvalue weighted by molar-refractivity contribution is 0.919. The van der Waals surface area contributed by atoms with E-state index in [1.807, 2.05) is 31.2 Å². The summed E-state index contributed by atoms with van der Waals surface area (Å²) < 4.78 is 2.31. The molecule has 0 fully saturated rings. The van der Waals surface area contributed by atoms with Gasteiger partial charge in [-0.2, -0.15) is 0 Å². The molecular weight excluding hydrogens is 605 g/mol. The van der Waals surface area contributed by atoms with Crippen molar-refractivity contribution in [3.05, 3.63) is 192 Å². The summed E-state index contributed by atoms with van der Waals surface area (Å²) in [5.41, 5.74) is 14.4. The molecular formula is C48H46N2. The monoisotopic (exact) mass is 650 g/mol. The second-order valence-corrected chi connectivity index (χ2v) is 12.8. The first kappa shape index (κ1) is 34.1. The summed E-state index contributed by atoms with van der Waals surface area (Å²) >= 11 is 0. The molecule has 50 heavy (non-hydrogen) atoms. The molecule has 0 N–H and O–H groups in total. The minimum Gasteiger partial charge on any atom is -0.344 e. The van der Waals surface area contributed by atoms with Crippen molar-refractivity contribution in [1.29, 1.82) is 0 Å². The largest absolute Gasteiger partial charge is 0.344 e. The Kier molecular flexibility index (Phi) is 10.9. The van der Waals surface area contributed by atoms with Crippen LogP contribution in [-0.2, 0) is 7.05 Å². The van der Waals surface area contributed by atoms with Crippen LogP contribution in [0.5, 0.6) is 0 Å². The van der Waals surface area contributed by atoms with Gasteiger partial charge in [0.05, 0.1) is 5.70 Å². The molecule has 1 atom stereocenters. The molecule has 0 bridgehead atoms. The molecule has 7 rings (SSSR count). The number of benzene rings is 3. The molecule has 3 aliphatic rings. The van der Waals surface area contributed by atoms with Crippen molar-refractivity contribution in [1.82, 2.24) is 4.57 Å². The molecule has 0 spiro atoms. The van der Waals surface area contributed by atoms with Crippen molar-refractivity contribution in [3.8, 4) is 11.1 Å². The van der Waals surface area contributed by atoms with E-state index in [2.05, 4.69) is 170 Å². The van der Waals surface area contributed by atoms with Gasteiger partial charge in [0.15, 0.2) is 0 Å². The van der Waals surface area contributed by atoms with Gasteiger partial charge >= 0.3 is 0 Å². The predicted molar refractivity (Wildman–Crippen MR) is 218 cm³/mol. The summed E-state index contributed by atoms with van der Waals surface area (Å²) in [6, 6.07) is 24.7. The second-order valence-electron chi connectivity index (χ2n) is 12.8. The normalized spacial score (nSPS) is 17.1. The van der Waals surface area contributed by atoms with Gasteiger partial charge in [0.1, 0.15) is 0 Å². The van der Waals surface area contributed by atoms with E-state index in [1.54, 1.807) is 6.08 Å². The highest BCUT2D eigenvalue weighted by Crippen LogP contribution is 2.35. The third-order valence-electron chi connectivity index (χ3n) is 9.22. The van der Waals surface area contributed by atoms with Crippen LogP contribution < -0.4 is 15.5 Å². The number of allylic oxidation sites excluding steroid dienone is 14. The highest BCUT2D eigenvalue weighted by atomic mass is 15.1. The lowest BCUT2D eigenvalue weighted by Crippen LogP contribution is -2.29. The van der Waals surface area contributed by atoms with Crippen LogP contribution in [0.3, 0.4) is 0 Å². The Morgan fingerprint density at radius 1 is 0.840 bits per heavy atom. The average Bonchev–Trinajstić information content (AvgIpc) is 3.44. The maximum Gasteiger partial charge on any atom is 0.0884 e. The number of fused-ring (bicyclic) bond motifs is 3. The first-order valence-corrected chi connectivity index (χ1v) is 17.6. The minimum absolute atomic E-state index is 0.380. The van der Waals surface area contributed by atoms with E-state index in [4.69, 9.17) is 0 Å². The third-order valence-corrected chi connectivity index (χ3v) is 9.22. The highest BCUT2D eigenvalue weighted by molar-refractivity contribution is 5.89. The second kappa shape index (κ2) is 16.1. The van der Waals surface area contributed by atoms with Gasteiger partial charge in [0.2, 0.25) is 0 Å². The van der Waals surface area contributed by atoms with Crippen molar-refractivity contribution >= 4 is 40.0 Å². The van der Waals surface area contributed by atoms with Crippen molar-refractivity contribution in [2.75, 3.05) is 4.90 Å². The maximum atomic E-state index is 3.79. The molecule has 248 valence electrons. The van der Waals surface area contributed by atoms with Crippen molar-refractivity contribution in [3.63, 3.8) is 0 Å². The Labute approximate surface area is 297 Å². The van der Waals surface area contributed by atoms with E-state index < -0.39 is 0 Å². The number of hydrogen-bond donors (Lipinski definition) is 0. The lowest BCUT2D eigenvalue weighted by Gasteiger charge is -2.27. The molecule has 2 heteroatoms. The zero-order valence-corrected chi connectivity index (χ0v) is 29.5. The summed E-state index contributed by atoms with van der Waals surface area (Å²) in [7, 11) is 2.17. The standard InChI is InChI=1S/C43H38N2.C5H8/c1-4-5-7-11-32-18-26-42-40(28-32)41-30-36(21-27-43(41)44(42)3)34-19-24-38(25-20-34)45(37-22-16-31(2)17-23-37)39-15-10-14-35(29-39)33-12-8-6-9-13-33;1-3-5-4-2/h4-5,7-8,10-17,19-22,24-31H,1,6,9,18H2,2-3H3;3-5H,1H2,2H3/b7-5-,32-11+;5-4-. The summed E-state index contributed by atoms with van der Waals surface area (Å²) in [6.07, 6.45) is 34.9. The van der Waals surface area contributed by atoms with E-state index >= 15 is 0 Å². The fourth-order valence-electron chi connectivity index (χ4n) is 6.62. The van der Waals surface area contributed by atoms with E-state index in [-0.39, 0.29) is 0 Å². The maximum absolute atomic E-state index is 3.79. The van der Waals surface area contributed by atoms with E-state index in [9.17, 15) is 0 Å². The summed E-state index contributed by atoms with van der Waals surface area (Å²) in [5.74, 6) is 0.380. The molecule has 0 amide bonds. The van der Waals surface area contributed by atoms with Crippen LogP contribution in [0.4, 0.5) is 11.4 Å². The SMILES string of the molecule is C=C/C=C\C.C=C/C=C\C=C1\C=c2c(n(C)c3ccc(-c4ccc(N(C5=C=CC(C)C=C5)c5cccc(C6=CCCC=C6)c5)cc4)cc23)=CC1. The van der Waals surface area contributed by atoms with Crippen LogP contribution in [0.15, 0.2) is 176 Å².